The van der Waals surface area contributed by atoms with Crippen LogP contribution in [0.3, 0.4) is 0 Å². The van der Waals surface area contributed by atoms with E-state index in [1.807, 2.05) is 12.1 Å². The van der Waals surface area contributed by atoms with E-state index in [0.717, 1.165) is 6.42 Å². The van der Waals surface area contributed by atoms with Crippen LogP contribution in [0.1, 0.15) is 18.1 Å². The summed E-state index contributed by atoms with van der Waals surface area (Å²) < 4.78 is 0. The van der Waals surface area contributed by atoms with Crippen LogP contribution in [0.5, 0.6) is 0 Å². The van der Waals surface area contributed by atoms with Crippen molar-refractivity contribution in [3.8, 4) is 0 Å². The highest BCUT2D eigenvalue weighted by Gasteiger charge is 2.13. The van der Waals surface area contributed by atoms with Crippen molar-refractivity contribution in [1.29, 1.82) is 0 Å². The number of aliphatic hydroxyl groups is 1. The lowest BCUT2D eigenvalue weighted by Crippen LogP contribution is -2.44. The van der Waals surface area contributed by atoms with Crippen molar-refractivity contribution in [3.05, 3.63) is 35.4 Å². The molecular weight excluding hydrogens is 228 g/mol. The molecule has 1 atom stereocenters. The third-order valence-corrected chi connectivity index (χ3v) is 3.18. The van der Waals surface area contributed by atoms with Crippen LogP contribution in [0, 0.1) is 6.92 Å². The molecule has 1 unspecified atom stereocenters. The Hall–Kier alpha value is -1.55. The molecule has 0 heterocycles. The van der Waals surface area contributed by atoms with Crippen LogP contribution in [0.2, 0.25) is 0 Å². The number of amides is 2. The molecule has 1 rings (SSSR count). The van der Waals surface area contributed by atoms with Crippen molar-refractivity contribution >= 4 is 6.03 Å². The van der Waals surface area contributed by atoms with Crippen LogP contribution in [0.4, 0.5) is 4.79 Å². The second-order valence-corrected chi connectivity index (χ2v) is 4.55. The third-order valence-electron chi connectivity index (χ3n) is 3.18. The molecule has 1 aromatic carbocycles. The van der Waals surface area contributed by atoms with Crippen molar-refractivity contribution < 1.29 is 9.90 Å². The normalized spacial score (nSPS) is 12.0. The van der Waals surface area contributed by atoms with E-state index in [0.29, 0.717) is 6.54 Å². The van der Waals surface area contributed by atoms with Crippen molar-refractivity contribution in [1.82, 2.24) is 10.2 Å². The predicted octanol–water partition coefficient (Wildman–Crippen LogP) is 1.56. The highest BCUT2D eigenvalue weighted by Crippen LogP contribution is 2.06. The monoisotopic (exact) mass is 250 g/mol. The van der Waals surface area contributed by atoms with Gasteiger partial charge in [0.2, 0.25) is 0 Å². The standard InChI is InChI=1S/C14H22N2O2/c1-11-6-4-5-7-13(11)8-9-15-14(18)16(3)12(2)10-17/h4-7,12,17H,8-10H2,1-3H3,(H,15,18). The Morgan fingerprint density at radius 1 is 1.44 bits per heavy atom. The quantitative estimate of drug-likeness (QED) is 0.833. The number of carbonyl (C=O) groups is 1. The number of likely N-dealkylation sites (N-methyl/N-ethyl adjacent to an activating group) is 1. The summed E-state index contributed by atoms with van der Waals surface area (Å²) in [4.78, 5) is 13.2. The first-order chi connectivity index (χ1) is 8.56. The van der Waals surface area contributed by atoms with E-state index in [1.165, 1.54) is 16.0 Å². The first kappa shape index (κ1) is 14.5. The van der Waals surface area contributed by atoms with Crippen LogP contribution in [-0.4, -0.2) is 42.3 Å². The number of urea groups is 1. The number of carbonyl (C=O) groups excluding carboxylic acids is 1. The third kappa shape index (κ3) is 4.04. The fourth-order valence-corrected chi connectivity index (χ4v) is 1.64. The van der Waals surface area contributed by atoms with Gasteiger partial charge in [0.05, 0.1) is 12.6 Å². The summed E-state index contributed by atoms with van der Waals surface area (Å²) in [6.07, 6.45) is 0.819. The van der Waals surface area contributed by atoms with E-state index in [9.17, 15) is 4.79 Å². The zero-order valence-corrected chi connectivity index (χ0v) is 11.3. The summed E-state index contributed by atoms with van der Waals surface area (Å²) in [6, 6.07) is 7.84. The van der Waals surface area contributed by atoms with Crippen molar-refractivity contribution in [2.75, 3.05) is 20.2 Å². The summed E-state index contributed by atoms with van der Waals surface area (Å²) in [6.45, 7) is 4.45. The zero-order chi connectivity index (χ0) is 13.5. The number of nitrogens with one attached hydrogen (secondary N) is 1. The van der Waals surface area contributed by atoms with E-state index in [2.05, 4.69) is 24.4 Å². The molecule has 0 radical (unpaired) electrons. The number of benzene rings is 1. The van der Waals surface area contributed by atoms with E-state index in [1.54, 1.807) is 14.0 Å². The number of rotatable bonds is 5. The molecule has 0 spiro atoms. The summed E-state index contributed by atoms with van der Waals surface area (Å²) in [5.74, 6) is 0. The van der Waals surface area contributed by atoms with Gasteiger partial charge in [0, 0.05) is 13.6 Å². The van der Waals surface area contributed by atoms with Crippen molar-refractivity contribution in [2.45, 2.75) is 26.3 Å². The van der Waals surface area contributed by atoms with Gasteiger partial charge in [0.15, 0.2) is 0 Å². The number of hydrogen-bond acceptors (Lipinski definition) is 2. The van der Waals surface area contributed by atoms with Gasteiger partial charge in [-0.05, 0) is 31.4 Å². The average molecular weight is 250 g/mol. The van der Waals surface area contributed by atoms with E-state index >= 15 is 0 Å². The van der Waals surface area contributed by atoms with Gasteiger partial charge in [-0.25, -0.2) is 4.79 Å². The zero-order valence-electron chi connectivity index (χ0n) is 11.3. The first-order valence-corrected chi connectivity index (χ1v) is 6.22. The minimum Gasteiger partial charge on any atom is -0.394 e. The Labute approximate surface area is 109 Å². The fourth-order valence-electron chi connectivity index (χ4n) is 1.64. The van der Waals surface area contributed by atoms with Crippen LogP contribution in [-0.2, 0) is 6.42 Å². The summed E-state index contributed by atoms with van der Waals surface area (Å²) >= 11 is 0. The lowest BCUT2D eigenvalue weighted by atomic mass is 10.1. The molecule has 0 aliphatic rings. The largest absolute Gasteiger partial charge is 0.394 e. The summed E-state index contributed by atoms with van der Waals surface area (Å²) in [5, 5.41) is 11.8. The molecule has 0 saturated carbocycles. The van der Waals surface area contributed by atoms with Gasteiger partial charge in [0.25, 0.3) is 0 Å². The van der Waals surface area contributed by atoms with Gasteiger partial charge in [-0.1, -0.05) is 24.3 Å². The van der Waals surface area contributed by atoms with Gasteiger partial charge in [0.1, 0.15) is 0 Å². The Morgan fingerprint density at radius 3 is 2.72 bits per heavy atom. The minimum absolute atomic E-state index is 0.0261. The SMILES string of the molecule is Cc1ccccc1CCNC(=O)N(C)C(C)CO. The Balaban J connectivity index is 2.38. The Bertz CT molecular complexity index is 393. The second-order valence-electron chi connectivity index (χ2n) is 4.55. The van der Waals surface area contributed by atoms with Gasteiger partial charge >= 0.3 is 6.03 Å². The highest BCUT2D eigenvalue weighted by molar-refractivity contribution is 5.74. The molecule has 18 heavy (non-hydrogen) atoms. The topological polar surface area (TPSA) is 52.6 Å². The first-order valence-electron chi connectivity index (χ1n) is 6.22. The molecule has 0 bridgehead atoms. The van der Waals surface area contributed by atoms with Crippen molar-refractivity contribution in [3.63, 3.8) is 0 Å². The van der Waals surface area contributed by atoms with Crippen LogP contribution < -0.4 is 5.32 Å². The van der Waals surface area contributed by atoms with Gasteiger partial charge in [-0.3, -0.25) is 0 Å². The smallest absolute Gasteiger partial charge is 0.317 e. The summed E-state index contributed by atoms with van der Waals surface area (Å²) in [5.41, 5.74) is 2.49. The molecule has 0 fully saturated rings. The lowest BCUT2D eigenvalue weighted by Gasteiger charge is -2.23. The molecule has 1 aromatic rings. The van der Waals surface area contributed by atoms with Gasteiger partial charge in [-0.15, -0.1) is 0 Å². The molecule has 2 N–H and O–H groups in total. The second kappa shape index (κ2) is 7.01. The Morgan fingerprint density at radius 2 is 2.11 bits per heavy atom. The Kier molecular flexibility index (Phi) is 5.65. The van der Waals surface area contributed by atoms with Crippen LogP contribution >= 0.6 is 0 Å². The maximum Gasteiger partial charge on any atom is 0.317 e. The fraction of sp³-hybridized carbons (Fsp3) is 0.500. The van der Waals surface area contributed by atoms with E-state index in [-0.39, 0.29) is 18.7 Å². The van der Waals surface area contributed by atoms with Crippen molar-refractivity contribution in [2.24, 2.45) is 0 Å². The number of aryl methyl sites for hydroxylation is 1. The van der Waals surface area contributed by atoms with Crippen LogP contribution in [0.25, 0.3) is 0 Å². The molecule has 0 aliphatic heterocycles. The van der Waals surface area contributed by atoms with Crippen LogP contribution in [0.15, 0.2) is 24.3 Å². The molecule has 0 aliphatic carbocycles. The minimum atomic E-state index is -0.163. The number of aliphatic hydroxyl groups excluding tert-OH is 1. The predicted molar refractivity (Wildman–Crippen MR) is 72.6 cm³/mol. The van der Waals surface area contributed by atoms with Gasteiger partial charge in [-0.2, -0.15) is 0 Å². The maximum absolute atomic E-state index is 11.7. The molecular formula is C14H22N2O2. The lowest BCUT2D eigenvalue weighted by molar-refractivity contribution is 0.157. The number of hydrogen-bond donors (Lipinski definition) is 2. The molecule has 4 heteroatoms. The van der Waals surface area contributed by atoms with Gasteiger partial charge < -0.3 is 15.3 Å². The average Bonchev–Trinajstić information content (AvgIpc) is 2.39. The molecule has 4 nitrogen and oxygen atoms in total. The molecule has 2 amide bonds. The van der Waals surface area contributed by atoms with E-state index < -0.39 is 0 Å². The molecule has 0 aromatic heterocycles. The molecule has 0 saturated heterocycles. The molecule has 100 valence electrons. The summed E-state index contributed by atoms with van der Waals surface area (Å²) in [7, 11) is 1.68. The number of nitrogens with zero attached hydrogens (tertiary/aromatic N) is 1. The highest BCUT2D eigenvalue weighted by atomic mass is 16.3. The van der Waals surface area contributed by atoms with E-state index in [4.69, 9.17) is 5.11 Å². The maximum atomic E-state index is 11.7.